The van der Waals surface area contributed by atoms with Crippen LogP contribution in [-0.4, -0.2) is 48.7 Å². The molecule has 26 heavy (non-hydrogen) atoms. The normalized spacial score (nSPS) is 15.6. The van der Waals surface area contributed by atoms with Crippen molar-refractivity contribution in [1.82, 2.24) is 29.5 Å². The van der Waals surface area contributed by atoms with E-state index in [0.717, 1.165) is 61.2 Å². The van der Waals surface area contributed by atoms with Crippen LogP contribution in [0.25, 0.3) is 5.78 Å². The van der Waals surface area contributed by atoms with Crippen LogP contribution in [0.1, 0.15) is 37.0 Å². The Bertz CT molecular complexity index is 890. The molecule has 1 N–H and O–H groups in total. The standard InChI is InChI=1S/C18H24N8/c1-4-14-10-17(26-18(24-14)19-11-20-26)23-15-5-7-25(8-6-15)16-9-12(2)21-13(3)22-16/h9-11,15,23H,4-8H2,1-3H3. The van der Waals surface area contributed by atoms with Gasteiger partial charge in [-0.25, -0.2) is 15.0 Å². The zero-order valence-corrected chi connectivity index (χ0v) is 15.5. The lowest BCUT2D eigenvalue weighted by molar-refractivity contribution is 0.520. The molecule has 1 fully saturated rings. The van der Waals surface area contributed by atoms with Crippen molar-refractivity contribution in [2.45, 2.75) is 46.1 Å². The fourth-order valence-electron chi connectivity index (χ4n) is 3.47. The van der Waals surface area contributed by atoms with Gasteiger partial charge in [0.15, 0.2) is 0 Å². The summed E-state index contributed by atoms with van der Waals surface area (Å²) in [4.78, 5) is 20.0. The highest BCUT2D eigenvalue weighted by Crippen LogP contribution is 2.22. The highest BCUT2D eigenvalue weighted by molar-refractivity contribution is 5.46. The second kappa shape index (κ2) is 6.86. The van der Waals surface area contributed by atoms with E-state index in [9.17, 15) is 0 Å². The molecule has 0 atom stereocenters. The molecule has 1 aliphatic heterocycles. The summed E-state index contributed by atoms with van der Waals surface area (Å²) in [5.74, 6) is 3.48. The average molecular weight is 352 g/mol. The van der Waals surface area contributed by atoms with E-state index in [1.165, 1.54) is 0 Å². The first kappa shape index (κ1) is 16.7. The molecule has 3 aromatic rings. The van der Waals surface area contributed by atoms with Crippen LogP contribution in [0.4, 0.5) is 11.6 Å². The van der Waals surface area contributed by atoms with Gasteiger partial charge in [-0.3, -0.25) is 0 Å². The van der Waals surface area contributed by atoms with E-state index in [1.54, 1.807) is 10.8 Å². The molecule has 0 amide bonds. The third-order valence-electron chi connectivity index (χ3n) is 4.79. The van der Waals surface area contributed by atoms with Crippen molar-refractivity contribution in [1.29, 1.82) is 0 Å². The van der Waals surface area contributed by atoms with Gasteiger partial charge in [0.25, 0.3) is 5.78 Å². The van der Waals surface area contributed by atoms with Crippen molar-refractivity contribution in [3.63, 3.8) is 0 Å². The number of aromatic nitrogens is 6. The maximum Gasteiger partial charge on any atom is 0.254 e. The number of hydrogen-bond acceptors (Lipinski definition) is 7. The zero-order chi connectivity index (χ0) is 18.1. The molecule has 0 aliphatic carbocycles. The lowest BCUT2D eigenvalue weighted by atomic mass is 10.0. The third-order valence-corrected chi connectivity index (χ3v) is 4.79. The van der Waals surface area contributed by atoms with Crippen LogP contribution in [0.15, 0.2) is 18.5 Å². The third kappa shape index (κ3) is 3.31. The van der Waals surface area contributed by atoms with Gasteiger partial charge in [-0.2, -0.15) is 14.6 Å². The van der Waals surface area contributed by atoms with Gasteiger partial charge in [0.1, 0.15) is 23.8 Å². The highest BCUT2D eigenvalue weighted by Gasteiger charge is 2.21. The van der Waals surface area contributed by atoms with Crippen molar-refractivity contribution in [3.05, 3.63) is 35.7 Å². The fourth-order valence-corrected chi connectivity index (χ4v) is 3.47. The smallest absolute Gasteiger partial charge is 0.254 e. The number of rotatable bonds is 4. The van der Waals surface area contributed by atoms with E-state index in [-0.39, 0.29) is 0 Å². The maximum absolute atomic E-state index is 4.59. The summed E-state index contributed by atoms with van der Waals surface area (Å²) in [6.45, 7) is 8.01. The van der Waals surface area contributed by atoms with Gasteiger partial charge in [-0.05, 0) is 33.1 Å². The van der Waals surface area contributed by atoms with Crippen LogP contribution in [0, 0.1) is 13.8 Å². The van der Waals surface area contributed by atoms with Crippen LogP contribution < -0.4 is 10.2 Å². The van der Waals surface area contributed by atoms with Gasteiger partial charge in [-0.1, -0.05) is 6.92 Å². The van der Waals surface area contributed by atoms with Gasteiger partial charge >= 0.3 is 0 Å². The summed E-state index contributed by atoms with van der Waals surface area (Å²) in [6.07, 6.45) is 4.52. The second-order valence-corrected chi connectivity index (χ2v) is 6.78. The SMILES string of the molecule is CCc1cc(NC2CCN(c3cc(C)nc(C)n3)CC2)n2ncnc2n1. The number of piperidine rings is 1. The summed E-state index contributed by atoms with van der Waals surface area (Å²) in [5.41, 5.74) is 2.04. The van der Waals surface area contributed by atoms with Crippen molar-refractivity contribution in [3.8, 4) is 0 Å². The van der Waals surface area contributed by atoms with E-state index >= 15 is 0 Å². The Labute approximate surface area is 152 Å². The van der Waals surface area contributed by atoms with Crippen molar-refractivity contribution in [2.75, 3.05) is 23.3 Å². The minimum atomic E-state index is 0.398. The molecule has 0 radical (unpaired) electrons. The first-order valence-electron chi connectivity index (χ1n) is 9.16. The summed E-state index contributed by atoms with van der Waals surface area (Å²) < 4.78 is 1.78. The van der Waals surface area contributed by atoms with E-state index in [0.29, 0.717) is 11.8 Å². The largest absolute Gasteiger partial charge is 0.367 e. The number of hydrogen-bond donors (Lipinski definition) is 1. The zero-order valence-electron chi connectivity index (χ0n) is 15.5. The van der Waals surface area contributed by atoms with Gasteiger partial charge in [0.05, 0.1) is 0 Å². The molecule has 0 spiro atoms. The van der Waals surface area contributed by atoms with E-state index in [1.807, 2.05) is 13.8 Å². The van der Waals surface area contributed by atoms with Crippen LogP contribution in [0.2, 0.25) is 0 Å². The van der Waals surface area contributed by atoms with Crippen LogP contribution in [0.3, 0.4) is 0 Å². The lowest BCUT2D eigenvalue weighted by Crippen LogP contribution is -2.40. The van der Waals surface area contributed by atoms with Crippen LogP contribution in [0.5, 0.6) is 0 Å². The molecule has 0 saturated carbocycles. The van der Waals surface area contributed by atoms with Gasteiger partial charge < -0.3 is 10.2 Å². The minimum absolute atomic E-state index is 0.398. The number of fused-ring (bicyclic) bond motifs is 1. The maximum atomic E-state index is 4.59. The van der Waals surface area contributed by atoms with Crippen molar-refractivity contribution in [2.24, 2.45) is 0 Å². The summed E-state index contributed by atoms with van der Waals surface area (Å²) >= 11 is 0. The van der Waals surface area contributed by atoms with Crippen LogP contribution in [-0.2, 0) is 6.42 Å². The van der Waals surface area contributed by atoms with Crippen molar-refractivity contribution >= 4 is 17.4 Å². The molecule has 3 aromatic heterocycles. The molecule has 1 saturated heterocycles. The molecule has 1 aliphatic rings. The Kier molecular flexibility index (Phi) is 4.40. The molecule has 8 nitrogen and oxygen atoms in total. The molecule has 0 unspecified atom stereocenters. The minimum Gasteiger partial charge on any atom is -0.367 e. The van der Waals surface area contributed by atoms with Crippen LogP contribution >= 0.6 is 0 Å². The molecule has 0 aromatic carbocycles. The monoisotopic (exact) mass is 352 g/mol. The van der Waals surface area contributed by atoms with E-state index < -0.39 is 0 Å². The topological polar surface area (TPSA) is 84.1 Å². The highest BCUT2D eigenvalue weighted by atomic mass is 15.4. The predicted molar refractivity (Wildman–Crippen MR) is 101 cm³/mol. The summed E-state index contributed by atoms with van der Waals surface area (Å²) in [6, 6.07) is 4.54. The average Bonchev–Trinajstić information content (AvgIpc) is 3.10. The second-order valence-electron chi connectivity index (χ2n) is 6.78. The van der Waals surface area contributed by atoms with E-state index in [4.69, 9.17) is 0 Å². The Balaban J connectivity index is 1.46. The van der Waals surface area contributed by atoms with Crippen molar-refractivity contribution < 1.29 is 0 Å². The Morgan fingerprint density at radius 3 is 2.65 bits per heavy atom. The molecular weight excluding hydrogens is 328 g/mol. The Hall–Kier alpha value is -2.77. The van der Waals surface area contributed by atoms with Gasteiger partial charge in [-0.15, -0.1) is 0 Å². The molecule has 136 valence electrons. The molecule has 4 rings (SSSR count). The number of anilines is 2. The number of aryl methyl sites for hydroxylation is 3. The summed E-state index contributed by atoms with van der Waals surface area (Å²) in [7, 11) is 0. The first-order chi connectivity index (χ1) is 12.6. The molecule has 0 bridgehead atoms. The quantitative estimate of drug-likeness (QED) is 0.770. The van der Waals surface area contributed by atoms with Gasteiger partial charge in [0.2, 0.25) is 0 Å². The Morgan fingerprint density at radius 2 is 1.92 bits per heavy atom. The number of nitrogens with zero attached hydrogens (tertiary/aromatic N) is 7. The van der Waals surface area contributed by atoms with Gasteiger partial charge in [0, 0.05) is 42.7 Å². The Morgan fingerprint density at radius 1 is 1.12 bits per heavy atom. The summed E-state index contributed by atoms with van der Waals surface area (Å²) in [5, 5.41) is 7.94. The fraction of sp³-hybridized carbons (Fsp3) is 0.500. The molecular formula is C18H24N8. The predicted octanol–water partition coefficient (Wildman–Crippen LogP) is 2.17. The molecule has 8 heteroatoms. The lowest BCUT2D eigenvalue weighted by Gasteiger charge is -2.33. The number of nitrogens with one attached hydrogen (secondary N) is 1. The first-order valence-corrected chi connectivity index (χ1v) is 9.16. The molecule has 4 heterocycles. The van der Waals surface area contributed by atoms with E-state index in [2.05, 4.69) is 54.3 Å².